The molecular formula is C23H24N2O4S. The van der Waals surface area contributed by atoms with E-state index in [0.717, 1.165) is 17.5 Å². The number of anilines is 2. The lowest BCUT2D eigenvalue weighted by Crippen LogP contribution is -2.20. The first kappa shape index (κ1) is 21.4. The van der Waals surface area contributed by atoms with Crippen LogP contribution in [0.15, 0.2) is 77.7 Å². The van der Waals surface area contributed by atoms with Gasteiger partial charge in [-0.25, -0.2) is 8.42 Å². The zero-order chi connectivity index (χ0) is 21.6. The maximum Gasteiger partial charge on any atom is 0.262 e. The summed E-state index contributed by atoms with van der Waals surface area (Å²) >= 11 is 0. The zero-order valence-electron chi connectivity index (χ0n) is 16.9. The molecule has 0 heterocycles. The smallest absolute Gasteiger partial charge is 0.262 e. The standard InChI is InChI=1S/C23H24N2O4S/c1-3-18-6-4-5-7-22(18)29-16-23(26)24-19-10-12-20(13-11-19)25-30(27,28)21-14-8-17(2)9-15-21/h4-15,25H,3,16H2,1-2H3,(H,24,26). The van der Waals surface area contributed by atoms with E-state index in [4.69, 9.17) is 4.74 Å². The van der Waals surface area contributed by atoms with Gasteiger partial charge in [0.15, 0.2) is 6.61 Å². The molecule has 0 spiro atoms. The van der Waals surface area contributed by atoms with Crippen LogP contribution in [0.3, 0.4) is 0 Å². The van der Waals surface area contributed by atoms with Crippen LogP contribution in [0.4, 0.5) is 11.4 Å². The van der Waals surface area contributed by atoms with E-state index in [1.54, 1.807) is 48.5 Å². The van der Waals surface area contributed by atoms with Crippen LogP contribution in [0.2, 0.25) is 0 Å². The van der Waals surface area contributed by atoms with Gasteiger partial charge in [-0.05, 0) is 61.4 Å². The van der Waals surface area contributed by atoms with Crippen LogP contribution < -0.4 is 14.8 Å². The average Bonchev–Trinajstić information content (AvgIpc) is 2.74. The van der Waals surface area contributed by atoms with Crippen molar-refractivity contribution < 1.29 is 17.9 Å². The Bertz CT molecular complexity index is 1110. The molecule has 0 bridgehead atoms. The fraction of sp³-hybridized carbons (Fsp3) is 0.174. The molecule has 0 atom stereocenters. The van der Waals surface area contributed by atoms with E-state index in [0.29, 0.717) is 17.1 Å². The van der Waals surface area contributed by atoms with Crippen molar-refractivity contribution in [3.63, 3.8) is 0 Å². The Morgan fingerprint density at radius 1 is 0.900 bits per heavy atom. The number of hydrogen-bond acceptors (Lipinski definition) is 4. The van der Waals surface area contributed by atoms with Crippen LogP contribution in [-0.2, 0) is 21.2 Å². The van der Waals surface area contributed by atoms with Gasteiger partial charge in [-0.2, -0.15) is 0 Å². The predicted octanol–water partition coefficient (Wildman–Crippen LogP) is 4.38. The highest BCUT2D eigenvalue weighted by atomic mass is 32.2. The van der Waals surface area contributed by atoms with Gasteiger partial charge in [-0.1, -0.05) is 42.8 Å². The molecule has 0 saturated carbocycles. The van der Waals surface area contributed by atoms with E-state index in [2.05, 4.69) is 10.0 Å². The first-order valence-electron chi connectivity index (χ1n) is 9.57. The Kier molecular flexibility index (Phi) is 6.74. The van der Waals surface area contributed by atoms with Crippen LogP contribution in [0.25, 0.3) is 0 Å². The molecule has 6 nitrogen and oxygen atoms in total. The number of para-hydroxylation sites is 1. The Labute approximate surface area is 177 Å². The summed E-state index contributed by atoms with van der Waals surface area (Å²) in [7, 11) is -3.67. The monoisotopic (exact) mass is 424 g/mol. The van der Waals surface area contributed by atoms with Gasteiger partial charge in [-0.3, -0.25) is 9.52 Å². The van der Waals surface area contributed by atoms with Gasteiger partial charge in [0.1, 0.15) is 5.75 Å². The molecule has 0 aromatic heterocycles. The van der Waals surface area contributed by atoms with Crippen molar-refractivity contribution >= 4 is 27.3 Å². The van der Waals surface area contributed by atoms with Crippen molar-refractivity contribution in [2.24, 2.45) is 0 Å². The van der Waals surface area contributed by atoms with Gasteiger partial charge < -0.3 is 10.1 Å². The molecule has 0 aliphatic rings. The summed E-state index contributed by atoms with van der Waals surface area (Å²) in [5.74, 6) is 0.393. The minimum absolute atomic E-state index is 0.112. The Morgan fingerprint density at radius 2 is 1.53 bits per heavy atom. The number of aryl methyl sites for hydroxylation is 2. The van der Waals surface area contributed by atoms with Crippen molar-refractivity contribution in [1.29, 1.82) is 0 Å². The molecule has 3 aromatic carbocycles. The van der Waals surface area contributed by atoms with Crippen molar-refractivity contribution in [1.82, 2.24) is 0 Å². The lowest BCUT2D eigenvalue weighted by molar-refractivity contribution is -0.118. The molecule has 1 amide bonds. The second kappa shape index (κ2) is 9.45. The van der Waals surface area contributed by atoms with Gasteiger partial charge in [0, 0.05) is 11.4 Å². The van der Waals surface area contributed by atoms with Gasteiger partial charge in [0.05, 0.1) is 4.90 Å². The minimum Gasteiger partial charge on any atom is -0.483 e. The first-order chi connectivity index (χ1) is 14.4. The number of amides is 1. The molecule has 0 fully saturated rings. The van der Waals surface area contributed by atoms with Crippen LogP contribution in [0.5, 0.6) is 5.75 Å². The van der Waals surface area contributed by atoms with Crippen molar-refractivity contribution in [3.8, 4) is 5.75 Å². The van der Waals surface area contributed by atoms with E-state index in [1.807, 2.05) is 38.1 Å². The third kappa shape index (κ3) is 5.61. The number of benzene rings is 3. The Hall–Kier alpha value is -3.32. The predicted molar refractivity (Wildman–Crippen MR) is 118 cm³/mol. The van der Waals surface area contributed by atoms with Crippen LogP contribution in [-0.4, -0.2) is 20.9 Å². The van der Waals surface area contributed by atoms with Crippen LogP contribution in [0.1, 0.15) is 18.1 Å². The highest BCUT2D eigenvalue weighted by Gasteiger charge is 2.14. The number of carbonyl (C=O) groups is 1. The summed E-state index contributed by atoms with van der Waals surface area (Å²) in [5, 5.41) is 2.74. The Morgan fingerprint density at radius 3 is 2.20 bits per heavy atom. The number of hydrogen-bond donors (Lipinski definition) is 2. The molecule has 3 rings (SSSR count). The third-order valence-corrected chi connectivity index (χ3v) is 5.86. The van der Waals surface area contributed by atoms with Gasteiger partial charge in [0.25, 0.3) is 15.9 Å². The molecule has 0 saturated heterocycles. The normalized spacial score (nSPS) is 11.0. The summed E-state index contributed by atoms with van der Waals surface area (Å²) in [6.45, 7) is 3.81. The van der Waals surface area contributed by atoms with Crippen molar-refractivity contribution in [2.45, 2.75) is 25.2 Å². The van der Waals surface area contributed by atoms with Crippen LogP contribution >= 0.6 is 0 Å². The number of ether oxygens (including phenoxy) is 1. The first-order valence-corrected chi connectivity index (χ1v) is 11.1. The van der Waals surface area contributed by atoms with E-state index >= 15 is 0 Å². The largest absolute Gasteiger partial charge is 0.483 e. The summed E-state index contributed by atoms with van der Waals surface area (Å²) in [4.78, 5) is 12.4. The fourth-order valence-electron chi connectivity index (χ4n) is 2.83. The molecule has 30 heavy (non-hydrogen) atoms. The number of rotatable bonds is 8. The molecule has 7 heteroatoms. The van der Waals surface area contributed by atoms with E-state index in [1.165, 1.54) is 0 Å². The van der Waals surface area contributed by atoms with Crippen LogP contribution in [0, 0.1) is 6.92 Å². The lowest BCUT2D eigenvalue weighted by atomic mass is 10.1. The van der Waals surface area contributed by atoms with E-state index in [-0.39, 0.29) is 17.4 Å². The molecule has 0 aliphatic carbocycles. The van der Waals surface area contributed by atoms with E-state index in [9.17, 15) is 13.2 Å². The molecule has 0 unspecified atom stereocenters. The summed E-state index contributed by atoms with van der Waals surface area (Å²) in [6, 6.07) is 20.6. The molecule has 0 radical (unpaired) electrons. The van der Waals surface area contributed by atoms with Gasteiger partial charge in [-0.15, -0.1) is 0 Å². The SMILES string of the molecule is CCc1ccccc1OCC(=O)Nc1ccc(NS(=O)(=O)c2ccc(C)cc2)cc1. The second-order valence-corrected chi connectivity index (χ2v) is 8.48. The number of nitrogens with one attached hydrogen (secondary N) is 2. The zero-order valence-corrected chi connectivity index (χ0v) is 17.7. The van der Waals surface area contributed by atoms with Crippen molar-refractivity contribution in [3.05, 3.63) is 83.9 Å². The maximum absolute atomic E-state index is 12.5. The lowest BCUT2D eigenvalue weighted by Gasteiger charge is -2.11. The highest BCUT2D eigenvalue weighted by molar-refractivity contribution is 7.92. The second-order valence-electron chi connectivity index (χ2n) is 6.79. The maximum atomic E-state index is 12.5. The molecule has 2 N–H and O–H groups in total. The number of sulfonamides is 1. The number of carbonyl (C=O) groups excluding carboxylic acids is 1. The summed E-state index contributed by atoms with van der Waals surface area (Å²) < 4.78 is 33.0. The van der Waals surface area contributed by atoms with Crippen molar-refractivity contribution in [2.75, 3.05) is 16.6 Å². The molecule has 156 valence electrons. The summed E-state index contributed by atoms with van der Waals surface area (Å²) in [5.41, 5.74) is 2.97. The topological polar surface area (TPSA) is 84.5 Å². The molecule has 0 aliphatic heterocycles. The fourth-order valence-corrected chi connectivity index (χ4v) is 3.89. The van der Waals surface area contributed by atoms with Gasteiger partial charge in [0.2, 0.25) is 0 Å². The quantitative estimate of drug-likeness (QED) is 0.562. The van der Waals surface area contributed by atoms with E-state index < -0.39 is 10.0 Å². The third-order valence-electron chi connectivity index (χ3n) is 4.46. The highest BCUT2D eigenvalue weighted by Crippen LogP contribution is 2.20. The molecular weight excluding hydrogens is 400 g/mol. The summed E-state index contributed by atoms with van der Waals surface area (Å²) in [6.07, 6.45) is 0.817. The Balaban J connectivity index is 1.57. The van der Waals surface area contributed by atoms with Gasteiger partial charge >= 0.3 is 0 Å². The average molecular weight is 425 g/mol. The minimum atomic E-state index is -3.67. The molecule has 3 aromatic rings.